The summed E-state index contributed by atoms with van der Waals surface area (Å²) < 4.78 is 11.4. The molecular formula is C18H18O3. The van der Waals surface area contributed by atoms with Gasteiger partial charge < -0.3 is 14.3 Å². The zero-order valence-electron chi connectivity index (χ0n) is 12.4. The highest BCUT2D eigenvalue weighted by molar-refractivity contribution is 5.68. The Morgan fingerprint density at radius 1 is 1.10 bits per heavy atom. The van der Waals surface area contributed by atoms with Crippen molar-refractivity contribution in [2.45, 2.75) is 19.8 Å². The third-order valence-electron chi connectivity index (χ3n) is 4.03. The molecule has 0 saturated carbocycles. The maximum absolute atomic E-state index is 11.6. The Hall–Kier alpha value is -2.29. The summed E-state index contributed by atoms with van der Waals surface area (Å²) >= 11 is 0. The van der Waals surface area contributed by atoms with Crippen LogP contribution in [0, 0.1) is 5.41 Å². The van der Waals surface area contributed by atoms with Crippen LogP contribution in [0.4, 0.5) is 0 Å². The first kappa shape index (κ1) is 13.7. The molecule has 0 spiro atoms. The molecule has 0 fully saturated rings. The maximum atomic E-state index is 11.6. The molecule has 3 nitrogen and oxygen atoms in total. The van der Waals surface area contributed by atoms with Crippen molar-refractivity contribution >= 4 is 6.29 Å². The van der Waals surface area contributed by atoms with E-state index < -0.39 is 5.41 Å². The van der Waals surface area contributed by atoms with Gasteiger partial charge in [-0.2, -0.15) is 0 Å². The van der Waals surface area contributed by atoms with Gasteiger partial charge in [-0.3, -0.25) is 0 Å². The zero-order chi connectivity index (χ0) is 15.0. The lowest BCUT2D eigenvalue weighted by Gasteiger charge is -2.36. The molecule has 0 aromatic heterocycles. The van der Waals surface area contributed by atoms with Crippen molar-refractivity contribution in [1.82, 2.24) is 0 Å². The van der Waals surface area contributed by atoms with Crippen LogP contribution in [-0.4, -0.2) is 13.4 Å². The summed E-state index contributed by atoms with van der Waals surface area (Å²) in [6, 6.07) is 13.7. The summed E-state index contributed by atoms with van der Waals surface area (Å²) in [6.45, 7) is 3.91. The monoisotopic (exact) mass is 282 g/mol. The normalized spacial score (nSPS) is 16.4. The third-order valence-corrected chi connectivity index (χ3v) is 4.03. The molecule has 1 atom stereocenters. The average Bonchev–Trinajstić information content (AvgIpc) is 2.51. The van der Waals surface area contributed by atoms with Crippen LogP contribution in [0.25, 0.3) is 0 Å². The van der Waals surface area contributed by atoms with Crippen LogP contribution < -0.4 is 9.47 Å². The van der Waals surface area contributed by atoms with Gasteiger partial charge in [-0.05, 0) is 12.1 Å². The van der Waals surface area contributed by atoms with Crippen LogP contribution in [-0.2, 0) is 4.79 Å². The largest absolute Gasteiger partial charge is 0.493 e. The Balaban J connectivity index is 2.28. The van der Waals surface area contributed by atoms with Crippen molar-refractivity contribution in [3.8, 4) is 17.2 Å². The summed E-state index contributed by atoms with van der Waals surface area (Å²) in [5, 5.41) is 0. The smallest absolute Gasteiger partial charge is 0.173 e. The molecule has 21 heavy (non-hydrogen) atoms. The summed E-state index contributed by atoms with van der Waals surface area (Å²) in [6.07, 6.45) is 1.02. The molecule has 1 aliphatic rings. The standard InChI is InChI=1S/C18H18O3/c1-18(2,11-19)16-12-7-4-5-9-14(12)21-17-13(16)8-6-10-15(17)20-3/h4-11,16H,1-3H3. The number of ether oxygens (including phenoxy) is 2. The summed E-state index contributed by atoms with van der Waals surface area (Å²) in [5.41, 5.74) is 1.50. The fraction of sp³-hybridized carbons (Fsp3) is 0.278. The second kappa shape index (κ2) is 4.92. The maximum Gasteiger partial charge on any atom is 0.173 e. The van der Waals surface area contributed by atoms with E-state index in [0.29, 0.717) is 11.5 Å². The first-order valence-electron chi connectivity index (χ1n) is 6.98. The lowest BCUT2D eigenvalue weighted by molar-refractivity contribution is -0.115. The van der Waals surface area contributed by atoms with Crippen LogP contribution >= 0.6 is 0 Å². The molecule has 0 N–H and O–H groups in total. The highest BCUT2D eigenvalue weighted by Crippen LogP contribution is 2.53. The van der Waals surface area contributed by atoms with Gasteiger partial charge >= 0.3 is 0 Å². The minimum atomic E-state index is -0.527. The lowest BCUT2D eigenvalue weighted by atomic mass is 9.71. The van der Waals surface area contributed by atoms with E-state index in [4.69, 9.17) is 9.47 Å². The first-order chi connectivity index (χ1) is 10.1. The van der Waals surface area contributed by atoms with Crippen molar-refractivity contribution < 1.29 is 14.3 Å². The van der Waals surface area contributed by atoms with Gasteiger partial charge in [-0.15, -0.1) is 0 Å². The predicted molar refractivity (Wildman–Crippen MR) is 81.2 cm³/mol. The van der Waals surface area contributed by atoms with Gasteiger partial charge in [0.1, 0.15) is 12.0 Å². The lowest BCUT2D eigenvalue weighted by Crippen LogP contribution is -2.27. The Labute approximate surface area is 124 Å². The first-order valence-corrected chi connectivity index (χ1v) is 6.98. The zero-order valence-corrected chi connectivity index (χ0v) is 12.4. The van der Waals surface area contributed by atoms with Crippen molar-refractivity contribution in [3.63, 3.8) is 0 Å². The molecule has 0 amide bonds. The molecular weight excluding hydrogens is 264 g/mol. The van der Waals surface area contributed by atoms with Crippen LogP contribution in [0.5, 0.6) is 17.2 Å². The second-order valence-electron chi connectivity index (χ2n) is 5.89. The number of carbonyl (C=O) groups excluding carboxylic acids is 1. The quantitative estimate of drug-likeness (QED) is 0.793. The predicted octanol–water partition coefficient (Wildman–Crippen LogP) is 4.16. The van der Waals surface area contributed by atoms with Gasteiger partial charge in [-0.1, -0.05) is 44.2 Å². The molecule has 1 unspecified atom stereocenters. The van der Waals surface area contributed by atoms with Gasteiger partial charge in [0, 0.05) is 22.5 Å². The number of hydrogen-bond acceptors (Lipinski definition) is 3. The number of benzene rings is 2. The highest BCUT2D eigenvalue weighted by atomic mass is 16.5. The Bertz CT molecular complexity index is 689. The topological polar surface area (TPSA) is 35.5 Å². The van der Waals surface area contributed by atoms with Crippen molar-refractivity contribution in [2.24, 2.45) is 5.41 Å². The van der Waals surface area contributed by atoms with Crippen LogP contribution in [0.1, 0.15) is 30.9 Å². The number of para-hydroxylation sites is 2. The molecule has 0 bridgehead atoms. The van der Waals surface area contributed by atoms with Gasteiger partial charge in [0.2, 0.25) is 0 Å². The second-order valence-corrected chi connectivity index (χ2v) is 5.89. The Morgan fingerprint density at radius 3 is 2.52 bits per heavy atom. The highest BCUT2D eigenvalue weighted by Gasteiger charge is 2.39. The van der Waals surface area contributed by atoms with E-state index in [0.717, 1.165) is 23.2 Å². The molecule has 0 aliphatic carbocycles. The van der Waals surface area contributed by atoms with E-state index in [1.165, 1.54) is 0 Å². The number of hydrogen-bond donors (Lipinski definition) is 0. The third kappa shape index (κ3) is 2.09. The number of methoxy groups -OCH3 is 1. The van der Waals surface area contributed by atoms with Crippen molar-refractivity contribution in [3.05, 3.63) is 53.6 Å². The molecule has 2 aromatic carbocycles. The van der Waals surface area contributed by atoms with Crippen LogP contribution in [0.3, 0.4) is 0 Å². The van der Waals surface area contributed by atoms with E-state index >= 15 is 0 Å². The minimum absolute atomic E-state index is 0.0509. The molecule has 1 aliphatic heterocycles. The van der Waals surface area contributed by atoms with Crippen LogP contribution in [0.15, 0.2) is 42.5 Å². The average molecular weight is 282 g/mol. The van der Waals surface area contributed by atoms with Gasteiger partial charge in [0.25, 0.3) is 0 Å². The molecule has 108 valence electrons. The van der Waals surface area contributed by atoms with Crippen LogP contribution in [0.2, 0.25) is 0 Å². The summed E-state index contributed by atoms with van der Waals surface area (Å²) in [4.78, 5) is 11.6. The van der Waals surface area contributed by atoms with E-state index in [1.54, 1.807) is 7.11 Å². The molecule has 3 heteroatoms. The SMILES string of the molecule is COc1cccc2c1Oc1ccccc1C2C(C)(C)C=O. The summed E-state index contributed by atoms with van der Waals surface area (Å²) in [5.74, 6) is 2.13. The molecule has 1 heterocycles. The number of aldehydes is 1. The van der Waals surface area contributed by atoms with E-state index in [2.05, 4.69) is 0 Å². The number of rotatable bonds is 3. The molecule has 0 radical (unpaired) electrons. The molecule has 3 rings (SSSR count). The molecule has 0 saturated heterocycles. The summed E-state index contributed by atoms with van der Waals surface area (Å²) in [7, 11) is 1.62. The van der Waals surface area contributed by atoms with Crippen molar-refractivity contribution in [2.75, 3.05) is 7.11 Å². The van der Waals surface area contributed by atoms with E-state index in [9.17, 15) is 4.79 Å². The van der Waals surface area contributed by atoms with E-state index in [-0.39, 0.29) is 5.92 Å². The van der Waals surface area contributed by atoms with Gasteiger partial charge in [0.05, 0.1) is 7.11 Å². The minimum Gasteiger partial charge on any atom is -0.493 e. The van der Waals surface area contributed by atoms with Crippen molar-refractivity contribution in [1.29, 1.82) is 0 Å². The Morgan fingerprint density at radius 2 is 1.81 bits per heavy atom. The van der Waals surface area contributed by atoms with E-state index in [1.807, 2.05) is 56.3 Å². The number of fused-ring (bicyclic) bond motifs is 2. The van der Waals surface area contributed by atoms with Gasteiger partial charge in [-0.25, -0.2) is 0 Å². The van der Waals surface area contributed by atoms with Gasteiger partial charge in [0.15, 0.2) is 11.5 Å². The fourth-order valence-corrected chi connectivity index (χ4v) is 2.99. The Kier molecular flexibility index (Phi) is 3.20. The molecule has 2 aromatic rings. The fourth-order valence-electron chi connectivity index (χ4n) is 2.99. The number of carbonyl (C=O) groups is 1.